The van der Waals surface area contributed by atoms with Gasteiger partial charge in [-0.25, -0.2) is 4.39 Å². The fourth-order valence-electron chi connectivity index (χ4n) is 0.962. The highest BCUT2D eigenvalue weighted by Gasteiger charge is 2.09. The maximum atomic E-state index is 13.2. The van der Waals surface area contributed by atoms with E-state index in [1.165, 1.54) is 6.07 Å². The summed E-state index contributed by atoms with van der Waals surface area (Å²) in [6.07, 6.45) is 0. The minimum absolute atomic E-state index is 0.320. The van der Waals surface area contributed by atoms with Gasteiger partial charge in [-0.3, -0.25) is 0 Å². The molecule has 1 aromatic rings. The Morgan fingerprint density at radius 3 is 2.42 bits per heavy atom. The Kier molecular flexibility index (Phi) is 2.96. The van der Waals surface area contributed by atoms with E-state index in [1.807, 2.05) is 0 Å². The lowest BCUT2D eigenvalue weighted by Gasteiger charge is -2.15. The van der Waals surface area contributed by atoms with Crippen molar-refractivity contribution in [3.8, 4) is 0 Å². The van der Waals surface area contributed by atoms with Crippen LogP contribution in [-0.2, 0) is 0 Å². The molecule has 0 saturated heterocycles. The Bertz CT molecular complexity index is 278. The van der Waals surface area contributed by atoms with E-state index in [9.17, 15) is 4.39 Å². The van der Waals surface area contributed by atoms with Crippen molar-refractivity contribution in [1.82, 2.24) is 0 Å². The molecule has 0 aliphatic rings. The fraction of sp³-hybridized carbons (Fsp3) is 0.250. The summed E-state index contributed by atoms with van der Waals surface area (Å²) >= 11 is 8.87. The predicted octanol–water partition coefficient (Wildman–Crippen LogP) is 3.31. The molecule has 0 amide bonds. The van der Waals surface area contributed by atoms with E-state index in [0.29, 0.717) is 15.2 Å². The Balaban J connectivity index is 3.28. The van der Waals surface area contributed by atoms with Gasteiger partial charge in [-0.15, -0.1) is 0 Å². The zero-order chi connectivity index (χ0) is 9.30. The van der Waals surface area contributed by atoms with Crippen LogP contribution in [0.2, 0.25) is 5.02 Å². The fourth-order valence-corrected chi connectivity index (χ4v) is 2.09. The molecule has 0 N–H and O–H groups in total. The molecular weight excluding hydrogens is 244 g/mol. The van der Waals surface area contributed by atoms with Gasteiger partial charge >= 0.3 is 0 Å². The van der Waals surface area contributed by atoms with E-state index in [1.54, 1.807) is 25.1 Å². The molecule has 0 unspecified atom stereocenters. The summed E-state index contributed by atoms with van der Waals surface area (Å²) in [7, 11) is 3.55. The van der Waals surface area contributed by atoms with Crippen LogP contribution in [0, 0.1) is 5.82 Å². The number of benzene rings is 1. The lowest BCUT2D eigenvalue weighted by molar-refractivity contribution is 0.625. The zero-order valence-electron chi connectivity index (χ0n) is 6.74. The summed E-state index contributed by atoms with van der Waals surface area (Å²) in [6.45, 7) is 0. The van der Waals surface area contributed by atoms with Crippen molar-refractivity contribution in [3.05, 3.63) is 27.4 Å². The summed E-state index contributed by atoms with van der Waals surface area (Å²) in [5.41, 5.74) is 0.513. The predicted molar refractivity (Wildman–Crippen MR) is 53.4 cm³/mol. The van der Waals surface area contributed by atoms with Gasteiger partial charge in [-0.1, -0.05) is 11.6 Å². The normalized spacial score (nSPS) is 10.1. The minimum Gasteiger partial charge on any atom is -0.374 e. The van der Waals surface area contributed by atoms with Gasteiger partial charge < -0.3 is 4.90 Å². The summed E-state index contributed by atoms with van der Waals surface area (Å²) in [6, 6.07) is 2.96. The molecule has 1 nitrogen and oxygen atoms in total. The van der Waals surface area contributed by atoms with Gasteiger partial charge in [0.25, 0.3) is 0 Å². The lowest BCUT2D eigenvalue weighted by Crippen LogP contribution is -2.11. The van der Waals surface area contributed by atoms with E-state index in [2.05, 4.69) is 15.9 Å². The van der Waals surface area contributed by atoms with E-state index >= 15 is 0 Å². The van der Waals surface area contributed by atoms with Crippen LogP contribution >= 0.6 is 27.5 Å². The highest BCUT2D eigenvalue weighted by atomic mass is 79.9. The van der Waals surface area contributed by atoms with E-state index in [4.69, 9.17) is 11.6 Å². The van der Waals surface area contributed by atoms with Crippen LogP contribution in [0.4, 0.5) is 10.1 Å². The first kappa shape index (κ1) is 9.81. The zero-order valence-corrected chi connectivity index (χ0v) is 9.08. The maximum absolute atomic E-state index is 13.2. The second-order valence-electron chi connectivity index (χ2n) is 2.61. The summed E-state index contributed by atoms with van der Waals surface area (Å²) in [5.74, 6) is -0.320. The average Bonchev–Trinajstić information content (AvgIpc) is 1.82. The third-order valence-corrected chi connectivity index (χ3v) is 2.25. The lowest BCUT2D eigenvalue weighted by atomic mass is 10.3. The first-order valence-corrected chi connectivity index (χ1v) is 4.51. The van der Waals surface area contributed by atoms with Crippen LogP contribution in [0.5, 0.6) is 0 Å². The van der Waals surface area contributed by atoms with Crippen molar-refractivity contribution in [2.45, 2.75) is 0 Å². The number of hydrogen-bond acceptors (Lipinski definition) is 1. The molecule has 0 spiro atoms. The highest BCUT2D eigenvalue weighted by molar-refractivity contribution is 9.10. The van der Waals surface area contributed by atoms with Crippen molar-refractivity contribution >= 4 is 33.2 Å². The van der Waals surface area contributed by atoms with Crippen molar-refractivity contribution in [1.29, 1.82) is 0 Å². The average molecular weight is 253 g/mol. The van der Waals surface area contributed by atoms with Gasteiger partial charge in [0.1, 0.15) is 5.82 Å². The van der Waals surface area contributed by atoms with Crippen LogP contribution < -0.4 is 4.90 Å². The van der Waals surface area contributed by atoms with Gasteiger partial charge in [0, 0.05) is 23.6 Å². The van der Waals surface area contributed by atoms with Gasteiger partial charge in [-0.05, 0) is 28.1 Å². The molecule has 4 heteroatoms. The molecular formula is C8H8BrClFN. The number of halogens is 3. The minimum atomic E-state index is -0.320. The second-order valence-corrected chi connectivity index (χ2v) is 3.90. The Labute approximate surface area is 84.3 Å². The molecule has 12 heavy (non-hydrogen) atoms. The van der Waals surface area contributed by atoms with E-state index < -0.39 is 0 Å². The Morgan fingerprint density at radius 1 is 1.42 bits per heavy atom. The molecule has 0 bridgehead atoms. The monoisotopic (exact) mass is 251 g/mol. The number of rotatable bonds is 1. The SMILES string of the molecule is CN(C)c1c(F)cc(Cl)cc1Br. The first-order valence-electron chi connectivity index (χ1n) is 3.34. The van der Waals surface area contributed by atoms with Crippen LogP contribution in [0.25, 0.3) is 0 Å². The van der Waals surface area contributed by atoms with Gasteiger partial charge in [0.15, 0.2) is 0 Å². The molecule has 0 heterocycles. The third-order valence-electron chi connectivity index (χ3n) is 1.43. The molecule has 0 saturated carbocycles. The molecule has 0 atom stereocenters. The summed E-state index contributed by atoms with van der Waals surface area (Å²) < 4.78 is 13.9. The maximum Gasteiger partial charge on any atom is 0.149 e. The van der Waals surface area contributed by atoms with Crippen molar-refractivity contribution in [2.75, 3.05) is 19.0 Å². The third kappa shape index (κ3) is 1.90. The summed E-state index contributed by atoms with van der Waals surface area (Å²) in [5, 5.41) is 0.393. The van der Waals surface area contributed by atoms with Crippen molar-refractivity contribution < 1.29 is 4.39 Å². The van der Waals surface area contributed by atoms with Crippen LogP contribution in [0.15, 0.2) is 16.6 Å². The van der Waals surface area contributed by atoms with Gasteiger partial charge in [-0.2, -0.15) is 0 Å². The largest absolute Gasteiger partial charge is 0.374 e. The number of anilines is 1. The molecule has 0 aliphatic heterocycles. The molecule has 0 fully saturated rings. The molecule has 1 rings (SSSR count). The first-order chi connectivity index (χ1) is 5.52. The van der Waals surface area contributed by atoms with E-state index in [0.717, 1.165) is 0 Å². The molecule has 0 radical (unpaired) electrons. The van der Waals surface area contributed by atoms with Crippen LogP contribution in [0.1, 0.15) is 0 Å². The molecule has 0 aliphatic carbocycles. The quantitative estimate of drug-likeness (QED) is 0.741. The molecule has 1 aromatic carbocycles. The van der Waals surface area contributed by atoms with E-state index in [-0.39, 0.29) is 5.82 Å². The van der Waals surface area contributed by atoms with Crippen LogP contribution in [0.3, 0.4) is 0 Å². The van der Waals surface area contributed by atoms with Crippen LogP contribution in [-0.4, -0.2) is 14.1 Å². The topological polar surface area (TPSA) is 3.24 Å². The Morgan fingerprint density at radius 2 is 2.00 bits per heavy atom. The molecule has 0 aromatic heterocycles. The molecule has 66 valence electrons. The van der Waals surface area contributed by atoms with Crippen molar-refractivity contribution in [2.24, 2.45) is 0 Å². The van der Waals surface area contributed by atoms with Gasteiger partial charge in [0.2, 0.25) is 0 Å². The van der Waals surface area contributed by atoms with Gasteiger partial charge in [0.05, 0.1) is 5.69 Å². The number of hydrogen-bond donors (Lipinski definition) is 0. The standard InChI is InChI=1S/C8H8BrClFN/c1-12(2)8-6(9)3-5(10)4-7(8)11/h3-4H,1-2H3. The number of nitrogens with zero attached hydrogens (tertiary/aromatic N) is 1. The highest BCUT2D eigenvalue weighted by Crippen LogP contribution is 2.30. The smallest absolute Gasteiger partial charge is 0.149 e. The van der Waals surface area contributed by atoms with Crippen molar-refractivity contribution in [3.63, 3.8) is 0 Å². The summed E-state index contributed by atoms with van der Waals surface area (Å²) in [4.78, 5) is 1.69. The second kappa shape index (κ2) is 3.62. The Hall–Kier alpha value is -0.280.